The number of benzene rings is 1. The summed E-state index contributed by atoms with van der Waals surface area (Å²) in [5.41, 5.74) is -1.47. The lowest BCUT2D eigenvalue weighted by molar-refractivity contribution is -0.192. The number of hydrogen-bond acceptors (Lipinski definition) is 5. The van der Waals surface area contributed by atoms with Crippen LogP contribution in [-0.4, -0.2) is 34.1 Å². The van der Waals surface area contributed by atoms with Gasteiger partial charge < -0.3 is 14.8 Å². The van der Waals surface area contributed by atoms with Gasteiger partial charge in [0.1, 0.15) is 17.5 Å². The number of carbonyl (C=O) groups is 2. The molecule has 1 heterocycles. The number of ketones is 1. The molecule has 0 saturated heterocycles. The van der Waals surface area contributed by atoms with Crippen LogP contribution in [0.3, 0.4) is 0 Å². The molecule has 192 valence electrons. The van der Waals surface area contributed by atoms with Crippen LogP contribution < -0.4 is 5.43 Å². The number of ether oxygens (including phenoxy) is 1. The van der Waals surface area contributed by atoms with Crippen molar-refractivity contribution in [3.8, 4) is 0 Å². The van der Waals surface area contributed by atoms with Crippen LogP contribution in [0.25, 0.3) is 10.9 Å². The molecule has 8 atom stereocenters. The summed E-state index contributed by atoms with van der Waals surface area (Å²) >= 11 is 0. The Morgan fingerprint density at radius 1 is 1.19 bits per heavy atom. The average molecular weight is 492 g/mol. The third kappa shape index (κ3) is 3.29. The van der Waals surface area contributed by atoms with Crippen molar-refractivity contribution in [2.45, 2.75) is 72.0 Å². The molecule has 3 unspecified atom stereocenters. The van der Waals surface area contributed by atoms with Gasteiger partial charge in [-0.1, -0.05) is 45.9 Å². The van der Waals surface area contributed by atoms with Gasteiger partial charge in [0.2, 0.25) is 5.43 Å². The Balaban J connectivity index is 1.63. The summed E-state index contributed by atoms with van der Waals surface area (Å²) in [7, 11) is 0. The third-order valence-corrected chi connectivity index (χ3v) is 10.6. The van der Waals surface area contributed by atoms with Crippen LogP contribution in [0.15, 0.2) is 47.9 Å². The first-order valence-corrected chi connectivity index (χ1v) is 13.2. The molecule has 3 aliphatic carbocycles. The second kappa shape index (κ2) is 8.41. The molecule has 0 amide bonds. The SMILES string of the molecule is C=C[C@]1(C)C[C@@H](OC(=O)c2c[nH]c3ccccc3c2=O)[C@]2(C)C(C)CCC3(CCC(=O)C32)[C@@H](C)[C@@H]1O. The van der Waals surface area contributed by atoms with Crippen molar-refractivity contribution in [2.75, 3.05) is 0 Å². The fraction of sp³-hybridized carbons (Fsp3) is 0.567. The van der Waals surface area contributed by atoms with Gasteiger partial charge in [0.25, 0.3) is 0 Å². The largest absolute Gasteiger partial charge is 0.458 e. The maximum atomic E-state index is 13.6. The van der Waals surface area contributed by atoms with E-state index in [1.165, 1.54) is 6.20 Å². The molecule has 6 nitrogen and oxygen atoms in total. The lowest BCUT2D eigenvalue weighted by atomic mass is 9.44. The Kier molecular flexibility index (Phi) is 5.82. The van der Waals surface area contributed by atoms with Crippen LogP contribution in [0.1, 0.15) is 70.2 Å². The number of hydrogen-bond donors (Lipinski definition) is 2. The molecule has 2 bridgehead atoms. The zero-order valence-corrected chi connectivity index (χ0v) is 21.7. The molecule has 36 heavy (non-hydrogen) atoms. The molecule has 3 fully saturated rings. The van der Waals surface area contributed by atoms with E-state index >= 15 is 0 Å². The molecule has 1 aromatic heterocycles. The molecule has 2 N–H and O–H groups in total. The van der Waals surface area contributed by atoms with Crippen LogP contribution in [0.4, 0.5) is 0 Å². The van der Waals surface area contributed by atoms with E-state index in [1.54, 1.807) is 24.3 Å². The number of aliphatic hydroxyl groups is 1. The van der Waals surface area contributed by atoms with Gasteiger partial charge in [-0.15, -0.1) is 6.58 Å². The number of pyridine rings is 1. The van der Waals surface area contributed by atoms with E-state index in [0.717, 1.165) is 19.3 Å². The highest BCUT2D eigenvalue weighted by atomic mass is 16.5. The number of nitrogens with one attached hydrogen (secondary N) is 1. The van der Waals surface area contributed by atoms with Crippen molar-refractivity contribution in [1.82, 2.24) is 4.98 Å². The van der Waals surface area contributed by atoms with Crippen LogP contribution in [0.2, 0.25) is 0 Å². The number of esters is 1. The number of aromatic nitrogens is 1. The summed E-state index contributed by atoms with van der Waals surface area (Å²) in [4.78, 5) is 43.3. The maximum absolute atomic E-state index is 13.6. The van der Waals surface area contributed by atoms with E-state index in [2.05, 4.69) is 32.3 Å². The van der Waals surface area contributed by atoms with E-state index in [-0.39, 0.29) is 39.9 Å². The zero-order chi connectivity index (χ0) is 26.0. The zero-order valence-electron chi connectivity index (χ0n) is 21.7. The lowest BCUT2D eigenvalue weighted by Crippen LogP contribution is -2.63. The first kappa shape index (κ1) is 24.9. The molecule has 1 aromatic carbocycles. The monoisotopic (exact) mass is 491 g/mol. The molecule has 0 spiro atoms. The third-order valence-electron chi connectivity index (χ3n) is 10.6. The number of aliphatic hydroxyl groups excluding tert-OH is 1. The van der Waals surface area contributed by atoms with Crippen molar-refractivity contribution in [2.24, 2.45) is 34.0 Å². The second-order valence-corrected chi connectivity index (χ2v) is 12.1. The lowest BCUT2D eigenvalue weighted by Gasteiger charge is -2.61. The molecule has 6 heteroatoms. The summed E-state index contributed by atoms with van der Waals surface area (Å²) in [5, 5.41) is 12.1. The van der Waals surface area contributed by atoms with Crippen molar-refractivity contribution in [1.29, 1.82) is 0 Å². The smallest absolute Gasteiger partial charge is 0.343 e. The molecule has 3 saturated carbocycles. The maximum Gasteiger partial charge on any atom is 0.343 e. The quantitative estimate of drug-likeness (QED) is 0.463. The van der Waals surface area contributed by atoms with Crippen molar-refractivity contribution in [3.63, 3.8) is 0 Å². The van der Waals surface area contributed by atoms with Gasteiger partial charge in [0.05, 0.1) is 6.10 Å². The van der Waals surface area contributed by atoms with Gasteiger partial charge in [-0.3, -0.25) is 9.59 Å². The Hall–Kier alpha value is -2.73. The molecular formula is C30H37NO5. The highest BCUT2D eigenvalue weighted by molar-refractivity contribution is 5.93. The normalized spacial score (nSPS) is 40.2. The molecule has 5 rings (SSSR count). The average Bonchev–Trinajstić information content (AvgIpc) is 3.23. The molecular weight excluding hydrogens is 454 g/mol. The predicted octanol–water partition coefficient (Wildman–Crippen LogP) is 5.05. The van der Waals surface area contributed by atoms with Gasteiger partial charge in [-0.2, -0.15) is 0 Å². The van der Waals surface area contributed by atoms with Crippen LogP contribution in [0, 0.1) is 34.0 Å². The summed E-state index contributed by atoms with van der Waals surface area (Å²) in [6.45, 7) is 12.3. The Morgan fingerprint density at radius 3 is 2.64 bits per heavy atom. The number of fused-ring (bicyclic) bond motifs is 1. The summed E-state index contributed by atoms with van der Waals surface area (Å²) in [6, 6.07) is 7.05. The van der Waals surface area contributed by atoms with Crippen LogP contribution >= 0.6 is 0 Å². The van der Waals surface area contributed by atoms with Crippen molar-refractivity contribution < 1.29 is 19.4 Å². The summed E-state index contributed by atoms with van der Waals surface area (Å²) in [6.07, 6.45) is 5.12. The Bertz CT molecular complexity index is 1300. The summed E-state index contributed by atoms with van der Waals surface area (Å²) < 4.78 is 6.27. The first-order chi connectivity index (χ1) is 17.0. The number of rotatable bonds is 3. The second-order valence-electron chi connectivity index (χ2n) is 12.1. The number of Topliss-reactive ketones (excluding diaryl/α,β-unsaturated/α-hetero) is 1. The van der Waals surface area contributed by atoms with Crippen LogP contribution in [-0.2, 0) is 9.53 Å². The summed E-state index contributed by atoms with van der Waals surface area (Å²) in [5.74, 6) is -0.766. The number of para-hydroxylation sites is 1. The number of H-pyrrole nitrogens is 1. The van der Waals surface area contributed by atoms with Gasteiger partial charge in [-0.05, 0) is 55.1 Å². The fourth-order valence-corrected chi connectivity index (χ4v) is 8.01. The van der Waals surface area contributed by atoms with E-state index in [1.807, 2.05) is 13.0 Å². The minimum Gasteiger partial charge on any atom is -0.458 e. The van der Waals surface area contributed by atoms with E-state index in [0.29, 0.717) is 23.7 Å². The number of carbonyl (C=O) groups excluding carboxylic acids is 2. The van der Waals surface area contributed by atoms with Crippen molar-refractivity contribution in [3.05, 3.63) is 58.9 Å². The van der Waals surface area contributed by atoms with Gasteiger partial charge >= 0.3 is 5.97 Å². The Labute approximate surface area is 212 Å². The van der Waals surface area contributed by atoms with Crippen molar-refractivity contribution >= 4 is 22.7 Å². The highest BCUT2D eigenvalue weighted by Gasteiger charge is 2.68. The minimum atomic E-state index is -0.730. The molecule has 0 aliphatic heterocycles. The highest BCUT2D eigenvalue weighted by Crippen LogP contribution is 2.68. The van der Waals surface area contributed by atoms with Crippen LogP contribution in [0.5, 0.6) is 0 Å². The van der Waals surface area contributed by atoms with Gasteiger partial charge in [-0.25, -0.2) is 4.79 Å². The topological polar surface area (TPSA) is 96.5 Å². The first-order valence-electron chi connectivity index (χ1n) is 13.2. The predicted molar refractivity (Wildman–Crippen MR) is 139 cm³/mol. The van der Waals surface area contributed by atoms with Gasteiger partial charge in [0, 0.05) is 40.3 Å². The molecule has 0 radical (unpaired) electrons. The van der Waals surface area contributed by atoms with E-state index in [4.69, 9.17) is 4.74 Å². The molecule has 3 aliphatic rings. The number of aromatic amines is 1. The minimum absolute atomic E-state index is 0.0546. The van der Waals surface area contributed by atoms with Gasteiger partial charge in [0.15, 0.2) is 0 Å². The standard InChI is InChI=1S/C30H37NO5/c1-6-28(4)15-23(36-27(35)20-16-31-21-10-8-7-9-19(21)24(20)33)29(5)17(2)11-13-30(18(3)26(28)34)14-12-22(32)25(29)30/h6-10,16-18,23,25-26,34H,1,11-15H2,2-5H3,(H,31,33)/t17?,18-,23+,25?,26-,28+,29-,30?/m0/s1. The fourth-order valence-electron chi connectivity index (χ4n) is 8.01. The molecule has 2 aromatic rings. The Morgan fingerprint density at radius 2 is 1.92 bits per heavy atom. The van der Waals surface area contributed by atoms with E-state index in [9.17, 15) is 19.5 Å². The van der Waals surface area contributed by atoms with E-state index < -0.39 is 29.0 Å².